The zero-order valence-corrected chi connectivity index (χ0v) is 15.6. The Balaban J connectivity index is 2.25. The summed E-state index contributed by atoms with van der Waals surface area (Å²) in [6, 6.07) is 7.07. The highest BCUT2D eigenvalue weighted by molar-refractivity contribution is 7.89. The minimum absolute atomic E-state index is 0.0566. The van der Waals surface area contributed by atoms with Crippen LogP contribution in [0.15, 0.2) is 40.3 Å². The van der Waals surface area contributed by atoms with Gasteiger partial charge in [0.15, 0.2) is 0 Å². The highest BCUT2D eigenvalue weighted by atomic mass is 35.5. The third-order valence-electron chi connectivity index (χ3n) is 2.60. The molecule has 122 valence electrons. The fourth-order valence-corrected chi connectivity index (χ4v) is 3.78. The molecule has 0 bridgehead atoms. The van der Waals surface area contributed by atoms with Crippen molar-refractivity contribution in [3.8, 4) is 0 Å². The normalized spacial score (nSPS) is 11.9. The van der Waals surface area contributed by atoms with E-state index >= 15 is 0 Å². The van der Waals surface area contributed by atoms with Crippen molar-refractivity contribution in [2.45, 2.75) is 4.90 Å². The lowest BCUT2D eigenvalue weighted by Crippen LogP contribution is -2.18. The van der Waals surface area contributed by atoms with E-state index in [0.717, 1.165) is 6.07 Å². The minimum atomic E-state index is -4.01. The molecular weight excluding hydrogens is 425 g/mol. The first-order chi connectivity index (χ1) is 10.7. The van der Waals surface area contributed by atoms with Gasteiger partial charge in [-0.15, -0.1) is 0 Å². The average molecular weight is 433 g/mol. The summed E-state index contributed by atoms with van der Waals surface area (Å²) in [5.74, 6) is 0. The molecule has 0 saturated heterocycles. The van der Waals surface area contributed by atoms with Crippen LogP contribution in [0, 0.1) is 0 Å². The van der Waals surface area contributed by atoms with Crippen LogP contribution in [-0.2, 0) is 10.0 Å². The van der Waals surface area contributed by atoms with Crippen LogP contribution in [0.25, 0.3) is 0 Å². The molecule has 0 spiro atoms. The third kappa shape index (κ3) is 4.66. The second kappa shape index (κ2) is 7.47. The number of nitrogens with zero attached hydrogens (tertiary/aromatic N) is 1. The van der Waals surface area contributed by atoms with Gasteiger partial charge in [-0.2, -0.15) is 13.5 Å². The van der Waals surface area contributed by atoms with Crippen LogP contribution >= 0.6 is 58.0 Å². The number of hydrogen-bond acceptors (Lipinski definition) is 3. The van der Waals surface area contributed by atoms with Gasteiger partial charge in [0.05, 0.1) is 26.3 Å². The fourth-order valence-electron chi connectivity index (χ4n) is 1.53. The standard InChI is InChI=1S/C13H7Cl5N2O2S/c14-8-2-1-7(9(15)3-8)6-19-20-23(21,22)13-5-11(17)10(16)4-12(13)18/h1-6,20H/b19-6+. The molecular formula is C13H7Cl5N2O2S. The van der Waals surface area contributed by atoms with Crippen molar-refractivity contribution in [2.24, 2.45) is 5.10 Å². The molecule has 4 nitrogen and oxygen atoms in total. The van der Waals surface area contributed by atoms with E-state index < -0.39 is 10.0 Å². The molecule has 0 heterocycles. The summed E-state index contributed by atoms with van der Waals surface area (Å²) in [5, 5.41) is 4.55. The lowest BCUT2D eigenvalue weighted by Gasteiger charge is -2.07. The van der Waals surface area contributed by atoms with E-state index in [0.29, 0.717) is 15.6 Å². The van der Waals surface area contributed by atoms with E-state index in [1.807, 2.05) is 4.83 Å². The molecule has 0 saturated carbocycles. The van der Waals surface area contributed by atoms with Crippen molar-refractivity contribution < 1.29 is 8.42 Å². The summed E-state index contributed by atoms with van der Waals surface area (Å²) >= 11 is 29.2. The Morgan fingerprint density at radius 2 is 1.52 bits per heavy atom. The number of nitrogens with one attached hydrogen (secondary N) is 1. The molecule has 2 rings (SSSR count). The molecule has 10 heteroatoms. The molecule has 0 aliphatic heterocycles. The fraction of sp³-hybridized carbons (Fsp3) is 0. The molecule has 2 aromatic carbocycles. The average Bonchev–Trinajstić information content (AvgIpc) is 2.45. The van der Waals surface area contributed by atoms with Gasteiger partial charge in [0.1, 0.15) is 4.90 Å². The molecule has 0 amide bonds. The zero-order chi connectivity index (χ0) is 17.2. The first-order valence-electron chi connectivity index (χ1n) is 5.85. The lowest BCUT2D eigenvalue weighted by atomic mass is 10.2. The topological polar surface area (TPSA) is 58.5 Å². The molecule has 0 radical (unpaired) electrons. The highest BCUT2D eigenvalue weighted by Crippen LogP contribution is 2.31. The Morgan fingerprint density at radius 3 is 2.17 bits per heavy atom. The Labute approximate surface area is 158 Å². The quantitative estimate of drug-likeness (QED) is 0.407. The molecule has 23 heavy (non-hydrogen) atoms. The third-order valence-corrected chi connectivity index (χ3v) is 5.58. The van der Waals surface area contributed by atoms with Crippen molar-refractivity contribution in [3.63, 3.8) is 0 Å². The van der Waals surface area contributed by atoms with E-state index in [1.165, 1.54) is 18.3 Å². The van der Waals surface area contributed by atoms with E-state index in [9.17, 15) is 8.42 Å². The van der Waals surface area contributed by atoms with Crippen LogP contribution in [0.1, 0.15) is 5.56 Å². The zero-order valence-electron chi connectivity index (χ0n) is 11.0. The number of hydrogen-bond donors (Lipinski definition) is 1. The van der Waals surface area contributed by atoms with Gasteiger partial charge in [0.2, 0.25) is 0 Å². The summed E-state index contributed by atoms with van der Waals surface area (Å²) in [4.78, 5) is 1.77. The molecule has 0 fully saturated rings. The van der Waals surface area contributed by atoms with Crippen LogP contribution in [-0.4, -0.2) is 14.6 Å². The van der Waals surface area contributed by atoms with Gasteiger partial charge in [-0.3, -0.25) is 0 Å². The number of sulfonamides is 1. The maximum Gasteiger partial charge on any atom is 0.278 e. The van der Waals surface area contributed by atoms with Crippen molar-refractivity contribution in [1.82, 2.24) is 4.83 Å². The molecule has 1 N–H and O–H groups in total. The van der Waals surface area contributed by atoms with Crippen LogP contribution in [0.4, 0.5) is 0 Å². The Kier molecular flexibility index (Phi) is 6.05. The second-order valence-corrected chi connectivity index (χ2v) is 7.91. The monoisotopic (exact) mass is 430 g/mol. The first-order valence-corrected chi connectivity index (χ1v) is 9.22. The van der Waals surface area contributed by atoms with E-state index in [-0.39, 0.29) is 20.0 Å². The molecule has 0 aliphatic rings. The maximum absolute atomic E-state index is 12.2. The largest absolute Gasteiger partial charge is 0.278 e. The van der Waals surface area contributed by atoms with E-state index in [1.54, 1.807) is 12.1 Å². The van der Waals surface area contributed by atoms with E-state index in [4.69, 9.17) is 58.0 Å². The van der Waals surface area contributed by atoms with Gasteiger partial charge in [0.25, 0.3) is 10.0 Å². The van der Waals surface area contributed by atoms with Crippen LogP contribution in [0.2, 0.25) is 25.1 Å². The van der Waals surface area contributed by atoms with Crippen molar-refractivity contribution >= 4 is 74.2 Å². The summed E-state index contributed by atoms with van der Waals surface area (Å²) < 4.78 is 24.4. The predicted octanol–water partition coefficient (Wildman–Crippen LogP) is 5.27. The minimum Gasteiger partial charge on any atom is -0.200 e. The van der Waals surface area contributed by atoms with Gasteiger partial charge in [-0.05, 0) is 24.3 Å². The Hall–Kier alpha value is -0.690. The smallest absolute Gasteiger partial charge is 0.200 e. The molecule has 2 aromatic rings. The van der Waals surface area contributed by atoms with Gasteiger partial charge in [-0.25, -0.2) is 4.83 Å². The van der Waals surface area contributed by atoms with Crippen molar-refractivity contribution in [1.29, 1.82) is 0 Å². The summed E-state index contributed by atoms with van der Waals surface area (Å²) in [5.41, 5.74) is 0.485. The first kappa shape index (κ1) is 18.6. The summed E-state index contributed by atoms with van der Waals surface area (Å²) in [6.07, 6.45) is 1.24. The van der Waals surface area contributed by atoms with Crippen molar-refractivity contribution in [2.75, 3.05) is 0 Å². The highest BCUT2D eigenvalue weighted by Gasteiger charge is 2.19. The van der Waals surface area contributed by atoms with Gasteiger partial charge < -0.3 is 0 Å². The number of hydrazone groups is 1. The lowest BCUT2D eigenvalue weighted by molar-refractivity contribution is 0.585. The Bertz CT molecular complexity index is 884. The molecule has 0 atom stereocenters. The second-order valence-electron chi connectivity index (χ2n) is 4.22. The van der Waals surface area contributed by atoms with Gasteiger partial charge in [0, 0.05) is 10.6 Å². The SMILES string of the molecule is O=S(=O)(N/N=C/c1ccc(Cl)cc1Cl)c1cc(Cl)c(Cl)cc1Cl. The molecule has 0 aliphatic carbocycles. The number of benzene rings is 2. The molecule has 0 aromatic heterocycles. The maximum atomic E-state index is 12.2. The van der Waals surface area contributed by atoms with Gasteiger partial charge in [-0.1, -0.05) is 64.1 Å². The summed E-state index contributed by atoms with van der Waals surface area (Å²) in [6.45, 7) is 0. The summed E-state index contributed by atoms with van der Waals surface area (Å²) in [7, 11) is -4.01. The van der Waals surface area contributed by atoms with E-state index in [2.05, 4.69) is 5.10 Å². The number of halogens is 5. The van der Waals surface area contributed by atoms with Crippen LogP contribution < -0.4 is 4.83 Å². The van der Waals surface area contributed by atoms with Crippen LogP contribution in [0.5, 0.6) is 0 Å². The van der Waals surface area contributed by atoms with Crippen molar-refractivity contribution in [3.05, 3.63) is 61.0 Å². The predicted molar refractivity (Wildman–Crippen MR) is 95.8 cm³/mol. The number of rotatable bonds is 4. The Morgan fingerprint density at radius 1 is 0.870 bits per heavy atom. The van der Waals surface area contributed by atoms with Gasteiger partial charge >= 0.3 is 0 Å². The molecule has 0 unspecified atom stereocenters. The van der Waals surface area contributed by atoms with Crippen LogP contribution in [0.3, 0.4) is 0 Å².